The fourth-order valence-electron chi connectivity index (χ4n) is 3.28. The van der Waals surface area contributed by atoms with Gasteiger partial charge < -0.3 is 14.5 Å². The molecule has 1 aliphatic heterocycles. The Kier molecular flexibility index (Phi) is 3.42. The number of aliphatic carboxylic acids is 1. The van der Waals surface area contributed by atoms with Crippen molar-refractivity contribution < 1.29 is 14.3 Å². The monoisotopic (exact) mass is 325 g/mol. The summed E-state index contributed by atoms with van der Waals surface area (Å²) in [4.78, 5) is 32.7. The Morgan fingerprint density at radius 3 is 3.08 bits per heavy atom. The van der Waals surface area contributed by atoms with E-state index in [1.54, 1.807) is 0 Å². The van der Waals surface area contributed by atoms with Gasteiger partial charge in [-0.15, -0.1) is 0 Å². The quantitative estimate of drug-likeness (QED) is 0.649. The van der Waals surface area contributed by atoms with Crippen LogP contribution in [0.25, 0.3) is 22.1 Å². The molecule has 122 valence electrons. The highest BCUT2D eigenvalue weighted by Crippen LogP contribution is 2.24. The van der Waals surface area contributed by atoms with E-state index in [0.717, 1.165) is 10.8 Å². The molecular weight excluding hydrogens is 309 g/mol. The molecule has 0 aliphatic carbocycles. The van der Waals surface area contributed by atoms with Gasteiger partial charge in [0.2, 0.25) is 5.58 Å². The summed E-state index contributed by atoms with van der Waals surface area (Å²) < 4.78 is 5.61. The number of carboxylic acids is 1. The number of hydrogen-bond donors (Lipinski definition) is 2. The zero-order chi connectivity index (χ0) is 16.8. The first-order chi connectivity index (χ1) is 11.5. The van der Waals surface area contributed by atoms with Gasteiger partial charge in [0, 0.05) is 11.9 Å². The van der Waals surface area contributed by atoms with E-state index in [1.807, 2.05) is 30.9 Å². The number of hydrogen-bond acceptors (Lipinski definition) is 5. The molecule has 1 aromatic carbocycles. The van der Waals surface area contributed by atoms with Crippen LogP contribution in [0.5, 0.6) is 0 Å². The Hall–Kier alpha value is -2.61. The minimum absolute atomic E-state index is 0.226. The lowest BCUT2D eigenvalue weighted by atomic mass is 9.95. The zero-order valence-electron chi connectivity index (χ0n) is 13.2. The molecule has 2 aromatic heterocycles. The first-order valence-corrected chi connectivity index (χ1v) is 7.88. The summed E-state index contributed by atoms with van der Waals surface area (Å²) in [5, 5.41) is 9.91. The summed E-state index contributed by atoms with van der Waals surface area (Å²) in [5.41, 5.74) is 2.18. The average molecular weight is 325 g/mol. The van der Waals surface area contributed by atoms with E-state index in [-0.39, 0.29) is 17.1 Å². The number of likely N-dealkylation sites (tertiary alicyclic amines) is 1. The summed E-state index contributed by atoms with van der Waals surface area (Å²) >= 11 is 0. The van der Waals surface area contributed by atoms with Crippen molar-refractivity contribution in [3.63, 3.8) is 0 Å². The van der Waals surface area contributed by atoms with Crippen LogP contribution in [0.3, 0.4) is 0 Å². The lowest BCUT2D eigenvalue weighted by Gasteiger charge is -2.13. The molecule has 3 aromatic rings. The summed E-state index contributed by atoms with van der Waals surface area (Å²) in [6.45, 7) is 1.58. The maximum atomic E-state index is 12.3. The van der Waals surface area contributed by atoms with Crippen LogP contribution in [-0.2, 0) is 11.3 Å². The van der Waals surface area contributed by atoms with Crippen molar-refractivity contribution in [2.24, 2.45) is 5.92 Å². The number of H-pyrrole nitrogens is 1. The van der Waals surface area contributed by atoms with E-state index < -0.39 is 5.97 Å². The molecule has 1 atom stereocenters. The van der Waals surface area contributed by atoms with Gasteiger partial charge in [0.25, 0.3) is 5.56 Å². The van der Waals surface area contributed by atoms with Crippen molar-refractivity contribution in [1.29, 1.82) is 0 Å². The van der Waals surface area contributed by atoms with Crippen LogP contribution < -0.4 is 11.0 Å². The van der Waals surface area contributed by atoms with Gasteiger partial charge in [-0.2, -0.15) is 0 Å². The molecule has 0 bridgehead atoms. The molecule has 8 heteroatoms. The Morgan fingerprint density at radius 1 is 1.50 bits per heavy atom. The number of aromatic nitrogens is 2. The fraction of sp³-hybridized carbons (Fsp3) is 0.312. The third-order valence-corrected chi connectivity index (χ3v) is 4.52. The van der Waals surface area contributed by atoms with Gasteiger partial charge in [-0.1, -0.05) is 17.6 Å². The summed E-state index contributed by atoms with van der Waals surface area (Å²) in [5.74, 6) is -0.591. The number of furan rings is 1. The predicted octanol–water partition coefficient (Wildman–Crippen LogP) is -0.166. The molecule has 4 rings (SSSR count). The van der Waals surface area contributed by atoms with E-state index in [4.69, 9.17) is 9.52 Å². The molecule has 1 unspecified atom stereocenters. The Morgan fingerprint density at radius 2 is 2.33 bits per heavy atom. The largest absolute Gasteiger partial charge is 0.481 e. The van der Waals surface area contributed by atoms with Crippen molar-refractivity contribution in [2.75, 3.05) is 13.1 Å². The summed E-state index contributed by atoms with van der Waals surface area (Å²) in [6, 6.07) is 5.72. The molecule has 0 radical (unpaired) electrons. The molecule has 1 saturated heterocycles. The van der Waals surface area contributed by atoms with E-state index in [9.17, 15) is 9.59 Å². The SMILES string of the molecule is Bc1ccc2oc3c(=O)[nH]c(CN4CCC(C(=O)O)C4)nc3c2c1. The van der Waals surface area contributed by atoms with E-state index in [0.29, 0.717) is 43.0 Å². The molecular formula is C16H16BN3O4. The van der Waals surface area contributed by atoms with Crippen molar-refractivity contribution in [3.8, 4) is 0 Å². The third kappa shape index (κ3) is 2.48. The molecule has 3 heterocycles. The first kappa shape index (κ1) is 15.0. The molecule has 24 heavy (non-hydrogen) atoms. The average Bonchev–Trinajstić information content (AvgIpc) is 3.13. The van der Waals surface area contributed by atoms with Gasteiger partial charge in [0.1, 0.15) is 24.8 Å². The van der Waals surface area contributed by atoms with Gasteiger partial charge in [-0.05, 0) is 19.0 Å². The van der Waals surface area contributed by atoms with Gasteiger partial charge in [-0.3, -0.25) is 14.5 Å². The molecule has 1 fully saturated rings. The topological polar surface area (TPSA) is 99.4 Å². The normalized spacial score (nSPS) is 18.6. The molecule has 2 N–H and O–H groups in total. The van der Waals surface area contributed by atoms with Crippen LogP contribution in [-0.4, -0.2) is 46.9 Å². The van der Waals surface area contributed by atoms with Crippen LogP contribution in [0.2, 0.25) is 0 Å². The van der Waals surface area contributed by atoms with Crippen molar-refractivity contribution in [2.45, 2.75) is 13.0 Å². The Labute approximate surface area is 137 Å². The van der Waals surface area contributed by atoms with Gasteiger partial charge in [0.15, 0.2) is 0 Å². The van der Waals surface area contributed by atoms with Crippen LogP contribution in [0, 0.1) is 5.92 Å². The summed E-state index contributed by atoms with van der Waals surface area (Å²) in [7, 11) is 1.97. The smallest absolute Gasteiger partial charge is 0.307 e. The summed E-state index contributed by atoms with van der Waals surface area (Å²) in [6.07, 6.45) is 0.621. The minimum atomic E-state index is -0.772. The standard InChI is InChI=1S/C16H16BN3O4/c17-9-1-2-11-10(5-9)13-14(24-11)15(21)19-12(18-13)7-20-4-3-8(6-20)16(22)23/h1-2,5,8H,3-4,6-7,17H2,(H,22,23)(H,18,19,21). The van der Waals surface area contributed by atoms with E-state index in [2.05, 4.69) is 9.97 Å². The molecule has 0 saturated carbocycles. The number of nitrogens with one attached hydrogen (secondary N) is 1. The molecule has 0 amide bonds. The fourth-order valence-corrected chi connectivity index (χ4v) is 3.28. The van der Waals surface area contributed by atoms with Crippen LogP contribution in [0.15, 0.2) is 27.4 Å². The van der Waals surface area contributed by atoms with Gasteiger partial charge >= 0.3 is 5.97 Å². The number of carboxylic acid groups (broad SMARTS) is 1. The number of benzene rings is 1. The predicted molar refractivity (Wildman–Crippen MR) is 91.3 cm³/mol. The molecule has 0 spiro atoms. The van der Waals surface area contributed by atoms with Crippen molar-refractivity contribution in [3.05, 3.63) is 34.4 Å². The lowest BCUT2D eigenvalue weighted by molar-refractivity contribution is -0.141. The molecule has 1 aliphatic rings. The van der Waals surface area contributed by atoms with E-state index >= 15 is 0 Å². The Balaban J connectivity index is 1.72. The second kappa shape index (κ2) is 5.49. The highest BCUT2D eigenvalue weighted by molar-refractivity contribution is 6.33. The van der Waals surface area contributed by atoms with Gasteiger partial charge in [-0.25, -0.2) is 4.98 Å². The van der Waals surface area contributed by atoms with Crippen LogP contribution in [0.4, 0.5) is 0 Å². The van der Waals surface area contributed by atoms with Gasteiger partial charge in [0.05, 0.1) is 12.5 Å². The minimum Gasteiger partial charge on any atom is -0.481 e. The second-order valence-corrected chi connectivity index (χ2v) is 6.35. The molecule has 7 nitrogen and oxygen atoms in total. The number of carbonyl (C=O) groups is 1. The maximum absolute atomic E-state index is 12.3. The number of nitrogens with zero attached hydrogens (tertiary/aromatic N) is 2. The number of fused-ring (bicyclic) bond motifs is 3. The second-order valence-electron chi connectivity index (χ2n) is 6.35. The highest BCUT2D eigenvalue weighted by atomic mass is 16.4. The van der Waals surface area contributed by atoms with Crippen LogP contribution in [0.1, 0.15) is 12.2 Å². The number of aromatic amines is 1. The highest BCUT2D eigenvalue weighted by Gasteiger charge is 2.28. The lowest BCUT2D eigenvalue weighted by Crippen LogP contribution is -2.25. The van der Waals surface area contributed by atoms with Crippen LogP contribution >= 0.6 is 0 Å². The first-order valence-electron chi connectivity index (χ1n) is 7.88. The maximum Gasteiger partial charge on any atom is 0.307 e. The number of rotatable bonds is 3. The third-order valence-electron chi connectivity index (χ3n) is 4.52. The Bertz CT molecular complexity index is 1010. The van der Waals surface area contributed by atoms with E-state index in [1.165, 1.54) is 0 Å². The van der Waals surface area contributed by atoms with Crippen molar-refractivity contribution >= 4 is 41.3 Å². The zero-order valence-corrected chi connectivity index (χ0v) is 13.2. The van der Waals surface area contributed by atoms with Crippen molar-refractivity contribution in [1.82, 2.24) is 14.9 Å².